The van der Waals surface area contributed by atoms with Crippen molar-refractivity contribution in [2.45, 2.75) is 13.8 Å². The Morgan fingerprint density at radius 2 is 2.07 bits per heavy atom. The van der Waals surface area contributed by atoms with Gasteiger partial charge in [0.05, 0.1) is 5.02 Å². The van der Waals surface area contributed by atoms with E-state index in [0.29, 0.717) is 5.56 Å². The fraction of sp³-hybridized carbons (Fsp3) is 0.364. The molecule has 0 amide bonds. The van der Waals surface area contributed by atoms with Crippen LogP contribution in [0.1, 0.15) is 24.2 Å². The Morgan fingerprint density at radius 3 is 2.53 bits per heavy atom. The van der Waals surface area contributed by atoms with Crippen molar-refractivity contribution in [1.29, 1.82) is 0 Å². The van der Waals surface area contributed by atoms with Crippen LogP contribution in [0.25, 0.3) is 0 Å². The molecule has 0 bridgehead atoms. The fourth-order valence-corrected chi connectivity index (χ4v) is 1.33. The summed E-state index contributed by atoms with van der Waals surface area (Å²) in [4.78, 5) is 11.9. The molecule has 0 N–H and O–H groups in total. The highest BCUT2D eigenvalue weighted by atomic mass is 35.5. The highest BCUT2D eigenvalue weighted by Crippen LogP contribution is 2.25. The molecule has 1 aromatic carbocycles. The topological polar surface area (TPSA) is 17.1 Å². The van der Waals surface area contributed by atoms with Crippen LogP contribution in [0, 0.1) is 11.2 Å². The maximum absolute atomic E-state index is 13.1. The molecule has 0 unspecified atom stereocenters. The zero-order valence-electron chi connectivity index (χ0n) is 8.48. The van der Waals surface area contributed by atoms with E-state index >= 15 is 0 Å². The molecule has 0 saturated heterocycles. The Balaban J connectivity index is 3.08. The molecule has 0 atom stereocenters. The number of benzene rings is 1. The van der Waals surface area contributed by atoms with Gasteiger partial charge in [-0.3, -0.25) is 4.79 Å². The van der Waals surface area contributed by atoms with Gasteiger partial charge in [-0.25, -0.2) is 4.39 Å². The fourth-order valence-electron chi connectivity index (χ4n) is 1.09. The first kappa shape index (κ1) is 12.5. The minimum atomic E-state index is -0.693. The Hall–Kier alpha value is -0.600. The molecule has 0 saturated carbocycles. The van der Waals surface area contributed by atoms with Crippen molar-refractivity contribution in [1.82, 2.24) is 0 Å². The van der Waals surface area contributed by atoms with Crippen LogP contribution in [-0.2, 0) is 0 Å². The summed E-state index contributed by atoms with van der Waals surface area (Å²) in [6.07, 6.45) is 0. The van der Waals surface area contributed by atoms with Crippen LogP contribution in [-0.4, -0.2) is 11.7 Å². The van der Waals surface area contributed by atoms with Gasteiger partial charge in [0, 0.05) is 16.9 Å². The molecule has 1 aromatic rings. The molecule has 0 fully saturated rings. The lowest BCUT2D eigenvalue weighted by molar-refractivity contribution is 0.0861. The second-order valence-electron chi connectivity index (χ2n) is 3.98. The molecule has 0 aromatic heterocycles. The van der Waals surface area contributed by atoms with Gasteiger partial charge in [-0.2, -0.15) is 0 Å². The summed E-state index contributed by atoms with van der Waals surface area (Å²) in [6, 6.07) is 4.01. The zero-order chi connectivity index (χ0) is 11.6. The molecule has 1 rings (SSSR count). The molecular weight excluding hydrogens is 238 g/mol. The van der Waals surface area contributed by atoms with Crippen LogP contribution in [0.4, 0.5) is 4.39 Å². The lowest BCUT2D eigenvalue weighted by Gasteiger charge is -2.19. The summed E-state index contributed by atoms with van der Waals surface area (Å²) in [5.41, 5.74) is -0.399. The Bertz CT molecular complexity index is 388. The van der Waals surface area contributed by atoms with Gasteiger partial charge in [0.2, 0.25) is 0 Å². The number of hydrogen-bond acceptors (Lipinski definition) is 1. The van der Waals surface area contributed by atoms with Crippen LogP contribution >= 0.6 is 23.2 Å². The minimum absolute atomic E-state index is 0.00947. The summed E-state index contributed by atoms with van der Waals surface area (Å²) in [6.45, 7) is 3.43. The van der Waals surface area contributed by atoms with Crippen LogP contribution in [0.2, 0.25) is 5.02 Å². The smallest absolute Gasteiger partial charge is 0.169 e. The molecule has 0 spiro atoms. The molecule has 15 heavy (non-hydrogen) atoms. The minimum Gasteiger partial charge on any atom is -0.294 e. The predicted molar refractivity (Wildman–Crippen MR) is 60.2 cm³/mol. The summed E-state index contributed by atoms with van der Waals surface area (Å²) >= 11 is 11.2. The van der Waals surface area contributed by atoms with E-state index in [2.05, 4.69) is 0 Å². The van der Waals surface area contributed by atoms with Crippen LogP contribution < -0.4 is 0 Å². The summed E-state index contributed by atoms with van der Waals surface area (Å²) < 4.78 is 13.1. The van der Waals surface area contributed by atoms with Crippen LogP contribution in [0.3, 0.4) is 0 Å². The average molecular weight is 249 g/mol. The van der Waals surface area contributed by atoms with E-state index in [4.69, 9.17) is 23.2 Å². The zero-order valence-corrected chi connectivity index (χ0v) is 9.99. The molecule has 0 aliphatic carbocycles. The van der Waals surface area contributed by atoms with Gasteiger partial charge >= 0.3 is 0 Å². The highest BCUT2D eigenvalue weighted by Gasteiger charge is 2.27. The van der Waals surface area contributed by atoms with Gasteiger partial charge in [-0.15, -0.1) is 11.6 Å². The molecule has 0 aliphatic heterocycles. The first-order valence-electron chi connectivity index (χ1n) is 4.44. The largest absolute Gasteiger partial charge is 0.294 e. The predicted octanol–water partition coefficient (Wildman–Crippen LogP) is 3.93. The number of hydrogen-bond donors (Lipinski definition) is 0. The Kier molecular flexibility index (Phi) is 3.74. The number of alkyl halides is 1. The van der Waals surface area contributed by atoms with Crippen molar-refractivity contribution >= 4 is 29.0 Å². The number of carbonyl (C=O) groups is 1. The third-order valence-corrected chi connectivity index (χ3v) is 3.11. The lowest BCUT2D eigenvalue weighted by Crippen LogP contribution is -2.26. The number of ketones is 1. The lowest BCUT2D eigenvalue weighted by atomic mass is 9.86. The van der Waals surface area contributed by atoms with Gasteiger partial charge in [0.15, 0.2) is 5.78 Å². The Labute approximate surface area is 98.2 Å². The van der Waals surface area contributed by atoms with Crippen molar-refractivity contribution in [3.63, 3.8) is 0 Å². The van der Waals surface area contributed by atoms with Crippen LogP contribution in [0.5, 0.6) is 0 Å². The molecule has 82 valence electrons. The number of Topliss-reactive ketones (excluding diaryl/α,β-unsaturated/α-hetero) is 1. The van der Waals surface area contributed by atoms with Crippen molar-refractivity contribution in [2.24, 2.45) is 5.41 Å². The first-order chi connectivity index (χ1) is 6.88. The van der Waals surface area contributed by atoms with E-state index in [-0.39, 0.29) is 16.7 Å². The standard InChI is InChI=1S/C11H11Cl2FO/c1-11(2,6-12)10(15)7-3-4-8(13)9(14)5-7/h3-5H,6H2,1-2H3. The van der Waals surface area contributed by atoms with E-state index in [1.807, 2.05) is 0 Å². The quantitative estimate of drug-likeness (QED) is 0.586. The second-order valence-corrected chi connectivity index (χ2v) is 4.65. The first-order valence-corrected chi connectivity index (χ1v) is 5.35. The molecule has 0 aliphatic rings. The number of rotatable bonds is 3. The normalized spacial score (nSPS) is 11.5. The molecule has 0 heterocycles. The van der Waals surface area contributed by atoms with Crippen molar-refractivity contribution in [3.05, 3.63) is 34.6 Å². The van der Waals surface area contributed by atoms with Gasteiger partial charge < -0.3 is 0 Å². The SMILES string of the molecule is CC(C)(CCl)C(=O)c1ccc(Cl)c(F)c1. The van der Waals surface area contributed by atoms with Crippen molar-refractivity contribution < 1.29 is 9.18 Å². The number of carbonyl (C=O) groups excluding carboxylic acids is 1. The summed E-state index contributed by atoms with van der Waals surface area (Å²) in [5, 5.41) is 0.00947. The van der Waals surface area contributed by atoms with E-state index in [9.17, 15) is 9.18 Å². The van der Waals surface area contributed by atoms with Crippen molar-refractivity contribution in [3.8, 4) is 0 Å². The van der Waals surface area contributed by atoms with E-state index in [1.54, 1.807) is 13.8 Å². The second kappa shape index (κ2) is 4.50. The molecule has 4 heteroatoms. The van der Waals surface area contributed by atoms with Gasteiger partial charge in [0.25, 0.3) is 0 Å². The summed E-state index contributed by atoms with van der Waals surface area (Å²) in [7, 11) is 0. The third-order valence-electron chi connectivity index (χ3n) is 2.13. The van der Waals surface area contributed by atoms with E-state index in [0.717, 1.165) is 6.07 Å². The average Bonchev–Trinajstić information content (AvgIpc) is 2.21. The van der Waals surface area contributed by atoms with Gasteiger partial charge in [-0.05, 0) is 18.2 Å². The Morgan fingerprint density at radius 1 is 1.47 bits per heavy atom. The van der Waals surface area contributed by atoms with Gasteiger partial charge in [-0.1, -0.05) is 25.4 Å². The highest BCUT2D eigenvalue weighted by molar-refractivity contribution is 6.30. The monoisotopic (exact) mass is 248 g/mol. The third kappa shape index (κ3) is 2.70. The van der Waals surface area contributed by atoms with Gasteiger partial charge in [0.1, 0.15) is 5.82 Å². The molecule has 0 radical (unpaired) electrons. The summed E-state index contributed by atoms with van der Waals surface area (Å²) in [5.74, 6) is -0.586. The maximum Gasteiger partial charge on any atom is 0.169 e. The van der Waals surface area contributed by atoms with E-state index in [1.165, 1.54) is 12.1 Å². The van der Waals surface area contributed by atoms with E-state index < -0.39 is 11.2 Å². The number of halogens is 3. The molecule has 1 nitrogen and oxygen atoms in total. The molecular formula is C11H11Cl2FO. The van der Waals surface area contributed by atoms with Crippen molar-refractivity contribution in [2.75, 3.05) is 5.88 Å². The van der Waals surface area contributed by atoms with Crippen LogP contribution in [0.15, 0.2) is 18.2 Å². The maximum atomic E-state index is 13.1.